The number of rotatable bonds is 2. The summed E-state index contributed by atoms with van der Waals surface area (Å²) in [6.07, 6.45) is 3.56. The SMILES string of the molecule is CNc1nc(-c2cncn2C)nc2c1CSC2. The van der Waals surface area contributed by atoms with Crippen molar-refractivity contribution in [2.24, 2.45) is 7.05 Å². The Balaban J connectivity index is 2.16. The molecular formula is C11H13N5S. The van der Waals surface area contributed by atoms with Gasteiger partial charge in [-0.3, -0.25) is 0 Å². The van der Waals surface area contributed by atoms with Crippen LogP contribution in [0.1, 0.15) is 11.3 Å². The summed E-state index contributed by atoms with van der Waals surface area (Å²) in [5.74, 6) is 3.65. The van der Waals surface area contributed by atoms with Crippen molar-refractivity contribution in [2.75, 3.05) is 12.4 Å². The first kappa shape index (κ1) is 10.6. The third-order valence-corrected chi connectivity index (χ3v) is 3.83. The first-order valence-corrected chi connectivity index (χ1v) is 6.57. The number of imidazole rings is 1. The van der Waals surface area contributed by atoms with Crippen LogP contribution < -0.4 is 5.32 Å². The third-order valence-electron chi connectivity index (χ3n) is 2.86. The third kappa shape index (κ3) is 1.68. The Morgan fingerprint density at radius 3 is 2.94 bits per heavy atom. The molecule has 1 aliphatic heterocycles. The van der Waals surface area contributed by atoms with Crippen molar-refractivity contribution in [3.05, 3.63) is 23.8 Å². The Kier molecular flexibility index (Phi) is 2.51. The first-order chi connectivity index (χ1) is 8.29. The van der Waals surface area contributed by atoms with E-state index in [1.807, 2.05) is 30.4 Å². The molecular weight excluding hydrogens is 234 g/mol. The van der Waals surface area contributed by atoms with E-state index in [0.29, 0.717) is 0 Å². The zero-order valence-electron chi connectivity index (χ0n) is 9.77. The molecule has 0 radical (unpaired) electrons. The Labute approximate surface area is 104 Å². The van der Waals surface area contributed by atoms with Crippen molar-refractivity contribution in [1.29, 1.82) is 0 Å². The highest BCUT2D eigenvalue weighted by molar-refractivity contribution is 7.98. The van der Waals surface area contributed by atoms with Gasteiger partial charge in [-0.05, 0) is 0 Å². The van der Waals surface area contributed by atoms with E-state index < -0.39 is 0 Å². The van der Waals surface area contributed by atoms with Gasteiger partial charge >= 0.3 is 0 Å². The molecule has 0 aromatic carbocycles. The summed E-state index contributed by atoms with van der Waals surface area (Å²) in [4.78, 5) is 13.3. The standard InChI is InChI=1S/C11H13N5S/c1-12-10-7-4-17-5-8(7)14-11(15-10)9-3-13-6-16(9)2/h3,6H,4-5H2,1-2H3,(H,12,14,15). The predicted octanol–water partition coefficient (Wildman–Crippen LogP) is 1.67. The van der Waals surface area contributed by atoms with Gasteiger partial charge in [0.1, 0.15) is 11.5 Å². The van der Waals surface area contributed by atoms with Gasteiger partial charge in [-0.1, -0.05) is 0 Å². The van der Waals surface area contributed by atoms with Crippen LogP contribution in [0.4, 0.5) is 5.82 Å². The minimum Gasteiger partial charge on any atom is -0.373 e. The highest BCUT2D eigenvalue weighted by Crippen LogP contribution is 2.33. The van der Waals surface area contributed by atoms with Gasteiger partial charge in [0.05, 0.1) is 18.2 Å². The van der Waals surface area contributed by atoms with Gasteiger partial charge in [0, 0.05) is 31.2 Å². The number of fused-ring (bicyclic) bond motifs is 1. The molecule has 2 aromatic rings. The van der Waals surface area contributed by atoms with Crippen LogP contribution >= 0.6 is 11.8 Å². The van der Waals surface area contributed by atoms with Gasteiger partial charge in [0.25, 0.3) is 0 Å². The fraction of sp³-hybridized carbons (Fsp3) is 0.364. The van der Waals surface area contributed by atoms with E-state index in [9.17, 15) is 0 Å². The number of hydrogen-bond acceptors (Lipinski definition) is 5. The molecule has 17 heavy (non-hydrogen) atoms. The molecule has 3 heterocycles. The summed E-state index contributed by atoms with van der Waals surface area (Å²) in [7, 11) is 3.85. The second-order valence-electron chi connectivity index (χ2n) is 3.95. The van der Waals surface area contributed by atoms with E-state index in [0.717, 1.165) is 34.5 Å². The molecule has 5 nitrogen and oxygen atoms in total. The summed E-state index contributed by atoms with van der Waals surface area (Å²) < 4.78 is 1.93. The van der Waals surface area contributed by atoms with Crippen molar-refractivity contribution in [3.63, 3.8) is 0 Å². The number of thioether (sulfide) groups is 1. The van der Waals surface area contributed by atoms with E-state index in [1.165, 1.54) is 5.56 Å². The van der Waals surface area contributed by atoms with Crippen LogP contribution in [0.3, 0.4) is 0 Å². The smallest absolute Gasteiger partial charge is 0.180 e. The van der Waals surface area contributed by atoms with Gasteiger partial charge in [-0.2, -0.15) is 11.8 Å². The number of aromatic nitrogens is 4. The van der Waals surface area contributed by atoms with Gasteiger partial charge in [-0.25, -0.2) is 15.0 Å². The van der Waals surface area contributed by atoms with Gasteiger partial charge in [0.15, 0.2) is 5.82 Å². The zero-order chi connectivity index (χ0) is 11.8. The summed E-state index contributed by atoms with van der Waals surface area (Å²) in [5, 5.41) is 3.16. The second kappa shape index (κ2) is 4.03. The molecule has 3 rings (SSSR count). The number of aryl methyl sites for hydroxylation is 1. The van der Waals surface area contributed by atoms with E-state index >= 15 is 0 Å². The maximum Gasteiger partial charge on any atom is 0.180 e. The van der Waals surface area contributed by atoms with Crippen molar-refractivity contribution < 1.29 is 0 Å². The Hall–Kier alpha value is -1.56. The summed E-state index contributed by atoms with van der Waals surface area (Å²) in [6.45, 7) is 0. The van der Waals surface area contributed by atoms with Crippen molar-refractivity contribution in [3.8, 4) is 11.5 Å². The molecule has 1 aliphatic rings. The number of hydrogen-bond donors (Lipinski definition) is 1. The Morgan fingerprint density at radius 2 is 2.24 bits per heavy atom. The molecule has 0 fully saturated rings. The topological polar surface area (TPSA) is 55.6 Å². The maximum atomic E-state index is 4.63. The molecule has 0 saturated heterocycles. The monoisotopic (exact) mass is 247 g/mol. The minimum atomic E-state index is 0.746. The number of nitrogens with zero attached hydrogens (tertiary/aromatic N) is 4. The highest BCUT2D eigenvalue weighted by Gasteiger charge is 2.20. The van der Waals surface area contributed by atoms with E-state index in [1.54, 1.807) is 12.5 Å². The Bertz CT molecular complexity index is 563. The molecule has 0 unspecified atom stereocenters. The zero-order valence-corrected chi connectivity index (χ0v) is 10.6. The first-order valence-electron chi connectivity index (χ1n) is 5.41. The molecule has 88 valence electrons. The average Bonchev–Trinajstić information content (AvgIpc) is 2.95. The predicted molar refractivity (Wildman–Crippen MR) is 68.8 cm³/mol. The average molecular weight is 247 g/mol. The molecule has 0 atom stereocenters. The lowest BCUT2D eigenvalue weighted by Gasteiger charge is -2.09. The molecule has 2 aromatic heterocycles. The van der Waals surface area contributed by atoms with Crippen molar-refractivity contribution >= 4 is 17.6 Å². The van der Waals surface area contributed by atoms with E-state index in [-0.39, 0.29) is 0 Å². The number of nitrogens with one attached hydrogen (secondary N) is 1. The lowest BCUT2D eigenvalue weighted by molar-refractivity contribution is 0.904. The molecule has 0 spiro atoms. The quantitative estimate of drug-likeness (QED) is 0.874. The van der Waals surface area contributed by atoms with Crippen LogP contribution in [0, 0.1) is 0 Å². The lowest BCUT2D eigenvalue weighted by Crippen LogP contribution is -2.04. The van der Waals surface area contributed by atoms with Gasteiger partial charge < -0.3 is 9.88 Å². The normalized spacial score (nSPS) is 13.8. The molecule has 0 saturated carbocycles. The number of anilines is 1. The molecule has 0 bridgehead atoms. The lowest BCUT2D eigenvalue weighted by atomic mass is 10.2. The Morgan fingerprint density at radius 1 is 1.35 bits per heavy atom. The second-order valence-corrected chi connectivity index (χ2v) is 4.94. The van der Waals surface area contributed by atoms with Gasteiger partial charge in [-0.15, -0.1) is 0 Å². The van der Waals surface area contributed by atoms with E-state index in [4.69, 9.17) is 0 Å². The van der Waals surface area contributed by atoms with Crippen LogP contribution in [-0.2, 0) is 18.6 Å². The molecule has 0 amide bonds. The van der Waals surface area contributed by atoms with E-state index in [2.05, 4.69) is 20.3 Å². The van der Waals surface area contributed by atoms with Crippen molar-refractivity contribution in [1.82, 2.24) is 19.5 Å². The van der Waals surface area contributed by atoms with Crippen molar-refractivity contribution in [2.45, 2.75) is 11.5 Å². The maximum absolute atomic E-state index is 4.63. The fourth-order valence-electron chi connectivity index (χ4n) is 1.95. The van der Waals surface area contributed by atoms with Crippen LogP contribution in [0.2, 0.25) is 0 Å². The summed E-state index contributed by atoms with van der Waals surface area (Å²) >= 11 is 1.88. The molecule has 6 heteroatoms. The molecule has 1 N–H and O–H groups in total. The highest BCUT2D eigenvalue weighted by atomic mass is 32.2. The fourth-order valence-corrected chi connectivity index (χ4v) is 2.99. The minimum absolute atomic E-state index is 0.746. The van der Waals surface area contributed by atoms with Crippen LogP contribution in [0.25, 0.3) is 11.5 Å². The summed E-state index contributed by atoms with van der Waals surface area (Å²) in [6, 6.07) is 0. The van der Waals surface area contributed by atoms with Crippen LogP contribution in [-0.4, -0.2) is 26.6 Å². The molecule has 0 aliphatic carbocycles. The van der Waals surface area contributed by atoms with Gasteiger partial charge in [0.2, 0.25) is 0 Å². The van der Waals surface area contributed by atoms with Crippen LogP contribution in [0.15, 0.2) is 12.5 Å². The largest absolute Gasteiger partial charge is 0.373 e. The van der Waals surface area contributed by atoms with Crippen LogP contribution in [0.5, 0.6) is 0 Å². The summed E-state index contributed by atoms with van der Waals surface area (Å²) in [5.41, 5.74) is 3.33.